The van der Waals surface area contributed by atoms with Gasteiger partial charge < -0.3 is 20.2 Å². The number of alkyl halides is 3. The second kappa shape index (κ2) is 5.78. The van der Waals surface area contributed by atoms with Crippen LogP contribution in [0.2, 0.25) is 0 Å². The molecule has 0 amide bonds. The molecular formula is C11H11F3N4O2. The number of hydrogen-bond acceptors (Lipinski definition) is 6. The summed E-state index contributed by atoms with van der Waals surface area (Å²) in [6, 6.07) is 5.36. The molecule has 0 fully saturated rings. The maximum absolute atomic E-state index is 12.1. The van der Waals surface area contributed by atoms with Gasteiger partial charge >= 0.3 is 12.4 Å². The minimum absolute atomic E-state index is 0.0672. The van der Waals surface area contributed by atoms with Crippen LogP contribution >= 0.6 is 0 Å². The van der Waals surface area contributed by atoms with E-state index in [4.69, 9.17) is 10.2 Å². The Labute approximate surface area is 111 Å². The van der Waals surface area contributed by atoms with Crippen LogP contribution in [0.1, 0.15) is 5.89 Å². The van der Waals surface area contributed by atoms with Crippen molar-refractivity contribution in [3.63, 3.8) is 0 Å². The topological polar surface area (TPSA) is 86.2 Å². The van der Waals surface area contributed by atoms with Crippen LogP contribution in [0, 0.1) is 0 Å². The number of nitrogens with two attached hydrogens (primary N) is 1. The summed E-state index contributed by atoms with van der Waals surface area (Å²) in [5.74, 6) is 0.00175. The number of benzene rings is 1. The van der Waals surface area contributed by atoms with Gasteiger partial charge in [0.05, 0.1) is 0 Å². The van der Waals surface area contributed by atoms with Crippen LogP contribution in [0.25, 0.3) is 0 Å². The van der Waals surface area contributed by atoms with Crippen molar-refractivity contribution in [2.45, 2.75) is 12.8 Å². The average molecular weight is 288 g/mol. The van der Waals surface area contributed by atoms with Crippen LogP contribution in [0.15, 0.2) is 28.7 Å². The van der Waals surface area contributed by atoms with Crippen molar-refractivity contribution in [1.29, 1.82) is 0 Å². The Kier molecular flexibility index (Phi) is 4.08. The van der Waals surface area contributed by atoms with E-state index in [0.29, 0.717) is 24.5 Å². The Bertz CT molecular complexity index is 571. The molecule has 0 aliphatic heterocycles. The van der Waals surface area contributed by atoms with Crippen LogP contribution in [-0.2, 0) is 6.42 Å². The number of halogens is 3. The van der Waals surface area contributed by atoms with Gasteiger partial charge in [-0.05, 0) is 12.1 Å². The van der Waals surface area contributed by atoms with Gasteiger partial charge in [0.2, 0.25) is 5.89 Å². The molecule has 0 bridgehead atoms. The van der Waals surface area contributed by atoms with Crippen molar-refractivity contribution < 1.29 is 22.3 Å². The van der Waals surface area contributed by atoms with Crippen molar-refractivity contribution in [2.24, 2.45) is 5.73 Å². The second-order valence-electron chi connectivity index (χ2n) is 3.74. The van der Waals surface area contributed by atoms with E-state index in [9.17, 15) is 13.2 Å². The van der Waals surface area contributed by atoms with E-state index in [0.717, 1.165) is 0 Å². The lowest BCUT2D eigenvalue weighted by atomic mass is 10.3. The molecule has 0 saturated carbocycles. The lowest BCUT2D eigenvalue weighted by Gasteiger charge is -2.09. The van der Waals surface area contributed by atoms with Crippen LogP contribution in [0.3, 0.4) is 0 Å². The molecule has 108 valence electrons. The third kappa shape index (κ3) is 4.12. The molecule has 20 heavy (non-hydrogen) atoms. The molecule has 1 heterocycles. The Morgan fingerprint density at radius 3 is 2.80 bits per heavy atom. The molecule has 0 unspecified atom stereocenters. The predicted octanol–water partition coefficient (Wildman–Crippen LogP) is 2.21. The lowest BCUT2D eigenvalue weighted by molar-refractivity contribution is -0.274. The Hall–Kier alpha value is -2.29. The first-order valence-corrected chi connectivity index (χ1v) is 5.61. The van der Waals surface area contributed by atoms with Gasteiger partial charge in [-0.25, -0.2) is 0 Å². The molecule has 0 radical (unpaired) electrons. The third-order valence-corrected chi connectivity index (χ3v) is 2.14. The van der Waals surface area contributed by atoms with Crippen molar-refractivity contribution >= 4 is 11.7 Å². The second-order valence-corrected chi connectivity index (χ2v) is 3.74. The van der Waals surface area contributed by atoms with E-state index in [-0.39, 0.29) is 11.8 Å². The normalized spacial score (nSPS) is 11.4. The lowest BCUT2D eigenvalue weighted by Crippen LogP contribution is -2.17. The van der Waals surface area contributed by atoms with Crippen molar-refractivity contribution in [3.8, 4) is 5.75 Å². The summed E-state index contributed by atoms with van der Waals surface area (Å²) in [7, 11) is 0. The maximum Gasteiger partial charge on any atom is 0.573 e. The molecule has 0 spiro atoms. The molecule has 1 aromatic heterocycles. The Morgan fingerprint density at radius 2 is 2.10 bits per heavy atom. The van der Waals surface area contributed by atoms with E-state index in [1.54, 1.807) is 0 Å². The van der Waals surface area contributed by atoms with E-state index in [2.05, 4.69) is 20.3 Å². The van der Waals surface area contributed by atoms with Crippen LogP contribution in [0.5, 0.6) is 5.75 Å². The largest absolute Gasteiger partial charge is 0.573 e. The molecule has 1 aromatic carbocycles. The number of hydrogen-bond donors (Lipinski definition) is 2. The minimum atomic E-state index is -4.74. The SMILES string of the molecule is NCCc1nnc(Nc2cccc(OC(F)(F)F)c2)o1. The highest BCUT2D eigenvalue weighted by atomic mass is 19.4. The van der Waals surface area contributed by atoms with Gasteiger partial charge in [0.15, 0.2) is 0 Å². The zero-order valence-corrected chi connectivity index (χ0v) is 10.1. The average Bonchev–Trinajstić information content (AvgIpc) is 2.75. The van der Waals surface area contributed by atoms with E-state index < -0.39 is 6.36 Å². The van der Waals surface area contributed by atoms with Gasteiger partial charge in [-0.3, -0.25) is 0 Å². The molecule has 0 atom stereocenters. The Morgan fingerprint density at radius 1 is 1.30 bits per heavy atom. The zero-order valence-electron chi connectivity index (χ0n) is 10.1. The van der Waals surface area contributed by atoms with Crippen LogP contribution in [0.4, 0.5) is 24.9 Å². The van der Waals surface area contributed by atoms with Crippen molar-refractivity contribution in [3.05, 3.63) is 30.2 Å². The highest BCUT2D eigenvalue weighted by Gasteiger charge is 2.31. The minimum Gasteiger partial charge on any atom is -0.408 e. The first kappa shape index (κ1) is 14.1. The van der Waals surface area contributed by atoms with E-state index in [1.165, 1.54) is 24.3 Å². The van der Waals surface area contributed by atoms with Crippen LogP contribution in [-0.4, -0.2) is 23.1 Å². The summed E-state index contributed by atoms with van der Waals surface area (Å²) in [6.07, 6.45) is -4.32. The summed E-state index contributed by atoms with van der Waals surface area (Å²) in [6.45, 7) is 0.358. The summed E-state index contributed by atoms with van der Waals surface area (Å²) >= 11 is 0. The van der Waals surface area contributed by atoms with Crippen LogP contribution < -0.4 is 15.8 Å². The first-order valence-electron chi connectivity index (χ1n) is 5.61. The van der Waals surface area contributed by atoms with Gasteiger partial charge in [0.25, 0.3) is 0 Å². The molecular weight excluding hydrogens is 277 g/mol. The fourth-order valence-corrected chi connectivity index (χ4v) is 1.42. The first-order chi connectivity index (χ1) is 9.46. The monoisotopic (exact) mass is 288 g/mol. The Balaban J connectivity index is 2.07. The molecule has 9 heteroatoms. The fourth-order valence-electron chi connectivity index (χ4n) is 1.42. The molecule has 2 rings (SSSR count). The molecule has 0 aliphatic carbocycles. The number of nitrogens with one attached hydrogen (secondary N) is 1. The van der Waals surface area contributed by atoms with Gasteiger partial charge in [0.1, 0.15) is 5.75 Å². The number of rotatable bonds is 5. The van der Waals surface area contributed by atoms with Gasteiger partial charge in [-0.2, -0.15) is 0 Å². The number of aromatic nitrogens is 2. The molecule has 2 aromatic rings. The van der Waals surface area contributed by atoms with Crippen molar-refractivity contribution in [1.82, 2.24) is 10.2 Å². The number of anilines is 2. The predicted molar refractivity (Wildman–Crippen MR) is 63.5 cm³/mol. The third-order valence-electron chi connectivity index (χ3n) is 2.14. The summed E-state index contributed by atoms with van der Waals surface area (Å²) in [4.78, 5) is 0. The van der Waals surface area contributed by atoms with E-state index in [1.807, 2.05) is 0 Å². The highest BCUT2D eigenvalue weighted by molar-refractivity contribution is 5.54. The molecule has 3 N–H and O–H groups in total. The summed E-state index contributed by atoms with van der Waals surface area (Å²) < 4.78 is 45.3. The quantitative estimate of drug-likeness (QED) is 0.877. The van der Waals surface area contributed by atoms with Gasteiger partial charge in [-0.1, -0.05) is 11.2 Å². The maximum atomic E-state index is 12.1. The number of nitrogens with zero attached hydrogens (tertiary/aromatic N) is 2. The van der Waals surface area contributed by atoms with Gasteiger partial charge in [-0.15, -0.1) is 18.3 Å². The fraction of sp³-hybridized carbons (Fsp3) is 0.273. The number of ether oxygens (including phenoxy) is 1. The van der Waals surface area contributed by atoms with Gasteiger partial charge in [0, 0.05) is 24.7 Å². The molecule has 0 aliphatic rings. The standard InChI is InChI=1S/C11H11F3N4O2/c12-11(13,14)20-8-3-1-2-7(6-8)16-10-18-17-9(19-10)4-5-15/h1-3,6H,4-5,15H2,(H,16,18). The smallest absolute Gasteiger partial charge is 0.408 e. The van der Waals surface area contributed by atoms with E-state index >= 15 is 0 Å². The molecule has 0 saturated heterocycles. The molecule has 6 nitrogen and oxygen atoms in total. The zero-order chi connectivity index (χ0) is 14.6. The summed E-state index contributed by atoms with van der Waals surface area (Å²) in [5, 5.41) is 10.1. The van der Waals surface area contributed by atoms with Crippen molar-refractivity contribution in [2.75, 3.05) is 11.9 Å². The highest BCUT2D eigenvalue weighted by Crippen LogP contribution is 2.26. The summed E-state index contributed by atoms with van der Waals surface area (Å²) in [5.41, 5.74) is 5.66.